The smallest absolute Gasteiger partial charge is 0.122 e. The van der Waals surface area contributed by atoms with Crippen LogP contribution in [0.3, 0.4) is 0 Å². The van der Waals surface area contributed by atoms with E-state index in [1.54, 1.807) is 7.11 Å². The Kier molecular flexibility index (Phi) is 3.76. The number of ether oxygens (including phenoxy) is 1. The molecule has 1 fully saturated rings. The largest absolute Gasteiger partial charge is 0.496 e. The average Bonchev–Trinajstić information content (AvgIpc) is 2.45. The van der Waals surface area contributed by atoms with E-state index in [9.17, 15) is 0 Å². The molecular formula is C18H27NO. The van der Waals surface area contributed by atoms with Crippen LogP contribution >= 0.6 is 0 Å². The fourth-order valence-corrected chi connectivity index (χ4v) is 4.02. The first-order valence-electron chi connectivity index (χ1n) is 7.98. The molecule has 1 aromatic carbocycles. The van der Waals surface area contributed by atoms with Crippen LogP contribution in [-0.4, -0.2) is 31.1 Å². The number of hydrogen-bond donors (Lipinski definition) is 0. The van der Waals surface area contributed by atoms with Crippen molar-refractivity contribution in [3.63, 3.8) is 0 Å². The first kappa shape index (κ1) is 13.9. The number of likely N-dealkylation sites (tertiary alicyclic amines) is 1. The van der Waals surface area contributed by atoms with Gasteiger partial charge in [-0.3, -0.25) is 4.90 Å². The Bertz CT molecular complexity index is 466. The third kappa shape index (κ3) is 2.71. The molecule has 1 heterocycles. The van der Waals surface area contributed by atoms with Crippen LogP contribution in [0.4, 0.5) is 0 Å². The van der Waals surface area contributed by atoms with Gasteiger partial charge in [-0.25, -0.2) is 0 Å². The predicted octanol–water partition coefficient (Wildman–Crippen LogP) is 3.67. The highest BCUT2D eigenvalue weighted by Gasteiger charge is 2.32. The van der Waals surface area contributed by atoms with Crippen LogP contribution in [0.15, 0.2) is 18.2 Å². The summed E-state index contributed by atoms with van der Waals surface area (Å²) >= 11 is 0. The van der Waals surface area contributed by atoms with Crippen molar-refractivity contribution < 1.29 is 4.74 Å². The van der Waals surface area contributed by atoms with E-state index in [1.807, 2.05) is 0 Å². The van der Waals surface area contributed by atoms with E-state index < -0.39 is 0 Å². The lowest BCUT2D eigenvalue weighted by atomic mass is 9.81. The highest BCUT2D eigenvalue weighted by atomic mass is 16.5. The Morgan fingerprint density at radius 3 is 2.90 bits per heavy atom. The minimum absolute atomic E-state index is 0.485. The average molecular weight is 273 g/mol. The van der Waals surface area contributed by atoms with Crippen LogP contribution in [0.5, 0.6) is 5.75 Å². The number of benzene rings is 1. The summed E-state index contributed by atoms with van der Waals surface area (Å²) in [6.45, 7) is 7.35. The number of aryl methyl sites for hydroxylation is 1. The molecule has 0 amide bonds. The van der Waals surface area contributed by atoms with Gasteiger partial charge in [0.05, 0.1) is 7.11 Å². The van der Waals surface area contributed by atoms with E-state index in [0.29, 0.717) is 11.5 Å². The zero-order valence-electron chi connectivity index (χ0n) is 13.1. The molecule has 0 bridgehead atoms. The number of nitrogens with zero attached hydrogens (tertiary/aromatic N) is 1. The molecule has 110 valence electrons. The van der Waals surface area contributed by atoms with Crippen LogP contribution in [0.1, 0.15) is 44.2 Å². The molecule has 0 aromatic heterocycles. The van der Waals surface area contributed by atoms with Crippen molar-refractivity contribution in [1.29, 1.82) is 0 Å². The third-order valence-corrected chi connectivity index (χ3v) is 5.08. The quantitative estimate of drug-likeness (QED) is 0.815. The molecule has 1 aliphatic carbocycles. The molecule has 3 rings (SSSR count). The van der Waals surface area contributed by atoms with Gasteiger partial charge in [0, 0.05) is 12.6 Å². The molecule has 0 spiro atoms. The summed E-state index contributed by atoms with van der Waals surface area (Å²) in [4.78, 5) is 2.74. The van der Waals surface area contributed by atoms with Crippen molar-refractivity contribution in [3.05, 3.63) is 29.3 Å². The predicted molar refractivity (Wildman–Crippen MR) is 83.4 cm³/mol. The fraction of sp³-hybridized carbons (Fsp3) is 0.667. The zero-order chi connectivity index (χ0) is 14.2. The molecule has 0 N–H and O–H groups in total. The second-order valence-corrected chi connectivity index (χ2v) is 7.23. The maximum absolute atomic E-state index is 5.57. The second kappa shape index (κ2) is 5.40. The number of fused-ring (bicyclic) bond motifs is 1. The Hall–Kier alpha value is -1.02. The van der Waals surface area contributed by atoms with Crippen LogP contribution < -0.4 is 4.74 Å². The lowest BCUT2D eigenvalue weighted by Crippen LogP contribution is -2.47. The molecule has 1 aromatic rings. The minimum atomic E-state index is 0.485. The Morgan fingerprint density at radius 2 is 2.15 bits per heavy atom. The van der Waals surface area contributed by atoms with Gasteiger partial charge in [-0.1, -0.05) is 26.0 Å². The molecule has 2 heteroatoms. The summed E-state index contributed by atoms with van der Waals surface area (Å²) in [5.74, 6) is 1.09. The van der Waals surface area contributed by atoms with Crippen LogP contribution in [0.2, 0.25) is 0 Å². The SMILES string of the molecule is COc1cccc2c1CC(N1CCCC(C)(C)C1)CC2. The maximum Gasteiger partial charge on any atom is 0.122 e. The molecule has 2 aliphatic rings. The van der Waals surface area contributed by atoms with E-state index in [2.05, 4.69) is 36.9 Å². The zero-order valence-corrected chi connectivity index (χ0v) is 13.1. The molecule has 1 saturated heterocycles. The van der Waals surface area contributed by atoms with Gasteiger partial charge in [-0.05, 0) is 61.3 Å². The molecule has 1 aliphatic heterocycles. The summed E-state index contributed by atoms with van der Waals surface area (Å²) in [5, 5.41) is 0. The number of hydrogen-bond acceptors (Lipinski definition) is 2. The maximum atomic E-state index is 5.57. The summed E-state index contributed by atoms with van der Waals surface area (Å²) in [7, 11) is 1.79. The first-order chi connectivity index (χ1) is 9.59. The van der Waals surface area contributed by atoms with Gasteiger partial charge in [0.15, 0.2) is 0 Å². The van der Waals surface area contributed by atoms with Gasteiger partial charge < -0.3 is 4.74 Å². The topological polar surface area (TPSA) is 12.5 Å². The lowest BCUT2D eigenvalue weighted by Gasteiger charge is -2.44. The van der Waals surface area contributed by atoms with Crippen molar-refractivity contribution in [2.45, 2.75) is 52.0 Å². The summed E-state index contributed by atoms with van der Waals surface area (Å²) in [6.07, 6.45) is 6.39. The molecule has 0 saturated carbocycles. The van der Waals surface area contributed by atoms with E-state index in [-0.39, 0.29) is 0 Å². The van der Waals surface area contributed by atoms with Gasteiger partial charge >= 0.3 is 0 Å². The molecule has 0 radical (unpaired) electrons. The van der Waals surface area contributed by atoms with Gasteiger partial charge in [-0.2, -0.15) is 0 Å². The van der Waals surface area contributed by atoms with E-state index in [4.69, 9.17) is 4.74 Å². The van der Waals surface area contributed by atoms with Gasteiger partial charge in [-0.15, -0.1) is 0 Å². The Morgan fingerprint density at radius 1 is 1.30 bits per heavy atom. The molecule has 2 nitrogen and oxygen atoms in total. The third-order valence-electron chi connectivity index (χ3n) is 5.08. The second-order valence-electron chi connectivity index (χ2n) is 7.23. The van der Waals surface area contributed by atoms with Crippen LogP contribution in [0.25, 0.3) is 0 Å². The fourth-order valence-electron chi connectivity index (χ4n) is 4.02. The van der Waals surface area contributed by atoms with Crippen molar-refractivity contribution in [1.82, 2.24) is 4.90 Å². The number of piperidine rings is 1. The van der Waals surface area contributed by atoms with Gasteiger partial charge in [0.1, 0.15) is 5.75 Å². The molecule has 1 atom stereocenters. The Balaban J connectivity index is 1.78. The summed E-state index contributed by atoms with van der Waals surface area (Å²) in [6, 6.07) is 7.22. The molecule has 20 heavy (non-hydrogen) atoms. The van der Waals surface area contributed by atoms with Gasteiger partial charge in [0.25, 0.3) is 0 Å². The van der Waals surface area contributed by atoms with Crippen molar-refractivity contribution in [2.75, 3.05) is 20.2 Å². The Labute approximate surface area is 123 Å². The van der Waals surface area contributed by atoms with Crippen molar-refractivity contribution >= 4 is 0 Å². The minimum Gasteiger partial charge on any atom is -0.496 e. The summed E-state index contributed by atoms with van der Waals surface area (Å²) < 4.78 is 5.57. The number of methoxy groups -OCH3 is 1. The monoisotopic (exact) mass is 273 g/mol. The highest BCUT2D eigenvalue weighted by molar-refractivity contribution is 5.42. The number of rotatable bonds is 2. The summed E-state index contributed by atoms with van der Waals surface area (Å²) in [5.41, 5.74) is 3.44. The first-order valence-corrected chi connectivity index (χ1v) is 7.98. The molecule has 1 unspecified atom stereocenters. The van der Waals surface area contributed by atoms with Crippen LogP contribution in [-0.2, 0) is 12.8 Å². The van der Waals surface area contributed by atoms with Crippen molar-refractivity contribution in [3.8, 4) is 5.75 Å². The highest BCUT2D eigenvalue weighted by Crippen LogP contribution is 2.35. The lowest BCUT2D eigenvalue weighted by molar-refractivity contribution is 0.0715. The van der Waals surface area contributed by atoms with E-state index in [0.717, 1.165) is 12.2 Å². The standard InChI is InChI=1S/C18H27NO/c1-18(2)10-5-11-19(13-18)15-9-8-14-6-4-7-17(20-3)16(14)12-15/h4,6-7,15H,5,8-13H2,1-3H3. The van der Waals surface area contributed by atoms with Crippen molar-refractivity contribution in [2.24, 2.45) is 5.41 Å². The van der Waals surface area contributed by atoms with E-state index >= 15 is 0 Å². The van der Waals surface area contributed by atoms with Gasteiger partial charge in [0.2, 0.25) is 0 Å². The van der Waals surface area contributed by atoms with E-state index in [1.165, 1.54) is 49.9 Å². The van der Waals surface area contributed by atoms with Crippen LogP contribution in [0, 0.1) is 5.41 Å². The normalized spacial score (nSPS) is 26.1. The molecular weight excluding hydrogens is 246 g/mol.